The highest BCUT2D eigenvalue weighted by Crippen LogP contribution is 2.22. The lowest BCUT2D eigenvalue weighted by atomic mass is 10.1. The fourth-order valence-electron chi connectivity index (χ4n) is 2.50. The van der Waals surface area contributed by atoms with Gasteiger partial charge in [-0.15, -0.1) is 0 Å². The van der Waals surface area contributed by atoms with E-state index in [1.54, 1.807) is 25.3 Å². The molecular formula is C15H19NO5. The maximum Gasteiger partial charge on any atom is 0.341 e. The molecule has 0 saturated heterocycles. The Morgan fingerprint density at radius 1 is 1.38 bits per heavy atom. The van der Waals surface area contributed by atoms with Crippen molar-refractivity contribution >= 4 is 11.9 Å². The molecule has 0 radical (unpaired) electrons. The summed E-state index contributed by atoms with van der Waals surface area (Å²) < 4.78 is 10.4. The van der Waals surface area contributed by atoms with Crippen molar-refractivity contribution in [2.75, 3.05) is 13.7 Å². The van der Waals surface area contributed by atoms with E-state index in [4.69, 9.17) is 14.6 Å². The molecule has 0 unspecified atom stereocenters. The van der Waals surface area contributed by atoms with Gasteiger partial charge in [-0.25, -0.2) is 4.79 Å². The number of hydrogen-bond acceptors (Lipinski definition) is 4. The maximum absolute atomic E-state index is 12.2. The van der Waals surface area contributed by atoms with Crippen LogP contribution < -0.4 is 10.1 Å². The summed E-state index contributed by atoms with van der Waals surface area (Å²) in [5.41, 5.74) is 0.444. The third-order valence-corrected chi connectivity index (χ3v) is 3.53. The normalized spacial score (nSPS) is 21.0. The monoisotopic (exact) mass is 293 g/mol. The lowest BCUT2D eigenvalue weighted by Crippen LogP contribution is -2.40. The second-order valence-corrected chi connectivity index (χ2v) is 5.00. The highest BCUT2D eigenvalue weighted by Gasteiger charge is 2.28. The predicted molar refractivity (Wildman–Crippen MR) is 75.5 cm³/mol. The van der Waals surface area contributed by atoms with Gasteiger partial charge in [-0.05, 0) is 37.5 Å². The molecule has 0 heterocycles. The molecule has 6 nitrogen and oxygen atoms in total. The molecule has 1 aliphatic rings. The number of nitrogens with one attached hydrogen (secondary N) is 1. The standard InChI is InChI=1S/C15H19NO5/c1-20-13-7-3-6-12(13)16-15(19)10-4-2-5-11(8-10)21-9-14(17)18/h2,4-5,8,12-13H,3,6-7,9H2,1H3,(H,16,19)(H,17,18)/t12-,13-/m1/s1. The first kappa shape index (κ1) is 15.3. The quantitative estimate of drug-likeness (QED) is 0.829. The number of carboxylic acids is 1. The van der Waals surface area contributed by atoms with Gasteiger partial charge in [0.15, 0.2) is 6.61 Å². The molecule has 1 aromatic carbocycles. The van der Waals surface area contributed by atoms with Gasteiger partial charge in [-0.2, -0.15) is 0 Å². The van der Waals surface area contributed by atoms with Gasteiger partial charge in [0, 0.05) is 12.7 Å². The number of carboxylic acid groups (broad SMARTS) is 1. The number of amides is 1. The Kier molecular flexibility index (Phi) is 5.16. The summed E-state index contributed by atoms with van der Waals surface area (Å²) in [6.07, 6.45) is 2.94. The molecule has 1 saturated carbocycles. The van der Waals surface area contributed by atoms with E-state index in [2.05, 4.69) is 5.32 Å². The number of rotatable bonds is 6. The van der Waals surface area contributed by atoms with Crippen LogP contribution in [-0.4, -0.2) is 42.8 Å². The fraction of sp³-hybridized carbons (Fsp3) is 0.467. The fourth-order valence-corrected chi connectivity index (χ4v) is 2.50. The van der Waals surface area contributed by atoms with E-state index in [0.29, 0.717) is 11.3 Å². The molecule has 2 N–H and O–H groups in total. The van der Waals surface area contributed by atoms with Gasteiger partial charge in [0.25, 0.3) is 5.91 Å². The van der Waals surface area contributed by atoms with Crippen LogP contribution in [0.15, 0.2) is 24.3 Å². The van der Waals surface area contributed by atoms with E-state index in [9.17, 15) is 9.59 Å². The lowest BCUT2D eigenvalue weighted by molar-refractivity contribution is -0.139. The Bertz CT molecular complexity index is 517. The lowest BCUT2D eigenvalue weighted by Gasteiger charge is -2.19. The number of benzene rings is 1. The topological polar surface area (TPSA) is 84.9 Å². The summed E-state index contributed by atoms with van der Waals surface area (Å²) in [5, 5.41) is 11.5. The smallest absolute Gasteiger partial charge is 0.341 e. The molecule has 2 atom stereocenters. The van der Waals surface area contributed by atoms with Gasteiger partial charge < -0.3 is 19.9 Å². The van der Waals surface area contributed by atoms with Crippen molar-refractivity contribution in [3.8, 4) is 5.75 Å². The van der Waals surface area contributed by atoms with Crippen LogP contribution in [0.3, 0.4) is 0 Å². The zero-order chi connectivity index (χ0) is 15.2. The zero-order valence-electron chi connectivity index (χ0n) is 11.9. The Labute approximate surface area is 123 Å². The van der Waals surface area contributed by atoms with Gasteiger partial charge >= 0.3 is 5.97 Å². The van der Waals surface area contributed by atoms with E-state index < -0.39 is 12.6 Å². The summed E-state index contributed by atoms with van der Waals surface area (Å²) in [6.45, 7) is -0.431. The number of methoxy groups -OCH3 is 1. The number of carbonyl (C=O) groups excluding carboxylic acids is 1. The minimum absolute atomic E-state index is 0.0195. The van der Waals surface area contributed by atoms with Gasteiger partial charge in [-0.1, -0.05) is 6.07 Å². The molecule has 1 amide bonds. The first-order valence-corrected chi connectivity index (χ1v) is 6.88. The Balaban J connectivity index is 1.98. The van der Waals surface area contributed by atoms with Crippen molar-refractivity contribution in [2.45, 2.75) is 31.4 Å². The van der Waals surface area contributed by atoms with Crippen LogP contribution in [0.4, 0.5) is 0 Å². The number of hydrogen-bond donors (Lipinski definition) is 2. The van der Waals surface area contributed by atoms with Gasteiger partial charge in [0.05, 0.1) is 12.1 Å². The van der Waals surface area contributed by atoms with E-state index in [-0.39, 0.29) is 18.1 Å². The molecule has 2 rings (SSSR count). The van der Waals surface area contributed by atoms with Crippen molar-refractivity contribution in [1.82, 2.24) is 5.32 Å². The van der Waals surface area contributed by atoms with Crippen molar-refractivity contribution in [3.63, 3.8) is 0 Å². The first-order chi connectivity index (χ1) is 10.1. The van der Waals surface area contributed by atoms with Crippen LogP contribution in [0.25, 0.3) is 0 Å². The Morgan fingerprint density at radius 3 is 2.90 bits per heavy atom. The third-order valence-electron chi connectivity index (χ3n) is 3.53. The van der Waals surface area contributed by atoms with Gasteiger partial charge in [0.2, 0.25) is 0 Å². The van der Waals surface area contributed by atoms with Crippen LogP contribution in [0.1, 0.15) is 29.6 Å². The van der Waals surface area contributed by atoms with Crippen LogP contribution in [0, 0.1) is 0 Å². The molecule has 21 heavy (non-hydrogen) atoms. The SMILES string of the molecule is CO[C@@H]1CCC[C@H]1NC(=O)c1cccc(OCC(=O)O)c1. The molecule has 114 valence electrons. The largest absolute Gasteiger partial charge is 0.482 e. The molecule has 1 aliphatic carbocycles. The second kappa shape index (κ2) is 7.08. The average molecular weight is 293 g/mol. The van der Waals surface area contributed by atoms with Crippen molar-refractivity contribution in [2.24, 2.45) is 0 Å². The molecule has 0 aliphatic heterocycles. The van der Waals surface area contributed by atoms with E-state index in [1.807, 2.05) is 0 Å². The summed E-state index contributed by atoms with van der Waals surface area (Å²) >= 11 is 0. The Morgan fingerprint density at radius 2 is 2.19 bits per heavy atom. The molecule has 1 fully saturated rings. The van der Waals surface area contributed by atoms with Crippen molar-refractivity contribution in [1.29, 1.82) is 0 Å². The minimum Gasteiger partial charge on any atom is -0.482 e. The van der Waals surface area contributed by atoms with E-state index in [1.165, 1.54) is 6.07 Å². The summed E-state index contributed by atoms with van der Waals surface area (Å²) in [7, 11) is 1.65. The third kappa shape index (κ3) is 4.19. The van der Waals surface area contributed by atoms with Crippen molar-refractivity contribution in [3.05, 3.63) is 29.8 Å². The number of carbonyl (C=O) groups is 2. The Hall–Kier alpha value is -2.08. The van der Waals surface area contributed by atoms with Crippen LogP contribution in [-0.2, 0) is 9.53 Å². The summed E-state index contributed by atoms with van der Waals surface area (Å²) in [4.78, 5) is 22.7. The average Bonchev–Trinajstić information content (AvgIpc) is 2.92. The van der Waals surface area contributed by atoms with Gasteiger partial charge in [-0.3, -0.25) is 4.79 Å². The van der Waals surface area contributed by atoms with E-state index in [0.717, 1.165) is 19.3 Å². The molecule has 1 aromatic rings. The van der Waals surface area contributed by atoms with Crippen LogP contribution in [0.2, 0.25) is 0 Å². The predicted octanol–water partition coefficient (Wildman–Crippen LogP) is 1.45. The van der Waals surface area contributed by atoms with Crippen molar-refractivity contribution < 1.29 is 24.2 Å². The second-order valence-electron chi connectivity index (χ2n) is 5.00. The van der Waals surface area contributed by atoms with Gasteiger partial charge in [0.1, 0.15) is 5.75 Å². The minimum atomic E-state index is -1.06. The molecule has 6 heteroatoms. The molecule has 0 spiro atoms. The highest BCUT2D eigenvalue weighted by molar-refractivity contribution is 5.94. The summed E-state index contributed by atoms with van der Waals surface area (Å²) in [6, 6.07) is 6.50. The van der Waals surface area contributed by atoms with Crippen LogP contribution in [0.5, 0.6) is 5.75 Å². The number of ether oxygens (including phenoxy) is 2. The number of aliphatic carboxylic acids is 1. The highest BCUT2D eigenvalue weighted by atomic mass is 16.5. The maximum atomic E-state index is 12.2. The molecule has 0 bridgehead atoms. The van der Waals surface area contributed by atoms with E-state index >= 15 is 0 Å². The zero-order valence-corrected chi connectivity index (χ0v) is 11.9. The van der Waals surface area contributed by atoms with Crippen LogP contribution >= 0.6 is 0 Å². The molecular weight excluding hydrogens is 274 g/mol. The molecule has 0 aromatic heterocycles. The first-order valence-electron chi connectivity index (χ1n) is 6.88. The summed E-state index contributed by atoms with van der Waals surface area (Å²) in [5.74, 6) is -0.900.